The molecule has 2 aromatic rings. The average molecular weight is 184 g/mol. The van der Waals surface area contributed by atoms with Gasteiger partial charge in [-0.05, 0) is 6.07 Å². The maximum absolute atomic E-state index is 8.86. The van der Waals surface area contributed by atoms with Crippen molar-refractivity contribution in [3.05, 3.63) is 35.5 Å². The molecule has 0 bridgehead atoms. The van der Waals surface area contributed by atoms with Crippen LogP contribution >= 0.6 is 0 Å². The summed E-state index contributed by atoms with van der Waals surface area (Å²) in [5.74, 6) is 5.08. The quantitative estimate of drug-likeness (QED) is 0.398. The van der Waals surface area contributed by atoms with Crippen LogP contribution in [0.5, 0.6) is 0 Å². The van der Waals surface area contributed by atoms with Gasteiger partial charge in [-0.25, -0.2) is 0 Å². The van der Waals surface area contributed by atoms with E-state index < -0.39 is 0 Å². The highest BCUT2D eigenvalue weighted by atomic mass is 15.1. The van der Waals surface area contributed by atoms with E-state index >= 15 is 0 Å². The van der Waals surface area contributed by atoms with Crippen LogP contribution in [0.4, 0.5) is 0 Å². The highest BCUT2D eigenvalue weighted by molar-refractivity contribution is 6.01. The third-order valence-electron chi connectivity index (χ3n) is 2.06. The summed E-state index contributed by atoms with van der Waals surface area (Å²) in [6.07, 6.45) is 1.48. The zero-order valence-corrected chi connectivity index (χ0v) is 7.36. The van der Waals surface area contributed by atoms with Crippen LogP contribution in [0.2, 0.25) is 0 Å². The first-order valence-corrected chi connectivity index (χ1v) is 4.11. The smallest absolute Gasteiger partial charge is 0.127 e. The summed E-state index contributed by atoms with van der Waals surface area (Å²) in [7, 11) is 0. The van der Waals surface area contributed by atoms with E-state index in [-0.39, 0.29) is 0 Å². The number of nitrogens with one attached hydrogen (secondary N) is 1. The molecule has 14 heavy (non-hydrogen) atoms. The van der Waals surface area contributed by atoms with E-state index in [9.17, 15) is 0 Å². The maximum atomic E-state index is 8.86. The highest BCUT2D eigenvalue weighted by Crippen LogP contribution is 2.19. The lowest BCUT2D eigenvalue weighted by molar-refractivity contribution is 1.26. The Hall–Kier alpha value is -2.28. The number of nitrogens with zero attached hydrogens (tertiary/aromatic N) is 2. The summed E-state index contributed by atoms with van der Waals surface area (Å²) in [5, 5.41) is 13.3. The third kappa shape index (κ3) is 1.12. The van der Waals surface area contributed by atoms with Gasteiger partial charge in [-0.2, -0.15) is 10.4 Å². The number of nitrogens with two attached hydrogens (primary N) is 1. The van der Waals surface area contributed by atoms with Crippen LogP contribution in [-0.2, 0) is 0 Å². The molecule has 3 N–H and O–H groups in total. The van der Waals surface area contributed by atoms with E-state index in [1.54, 1.807) is 0 Å². The van der Waals surface area contributed by atoms with E-state index in [0.717, 1.165) is 16.5 Å². The molecule has 1 aromatic carbocycles. The molecular formula is C10H8N4. The highest BCUT2D eigenvalue weighted by Gasteiger charge is 2.07. The Morgan fingerprint density at radius 1 is 1.43 bits per heavy atom. The molecule has 0 aliphatic rings. The topological polar surface area (TPSA) is 78.0 Å². The second-order valence-electron chi connectivity index (χ2n) is 2.85. The first-order chi connectivity index (χ1) is 6.86. The minimum Gasteiger partial charge on any atom is -0.346 e. The molecule has 0 spiro atoms. The Morgan fingerprint density at radius 3 is 2.93 bits per heavy atom. The number of benzene rings is 1. The molecule has 0 aliphatic heterocycles. The molecule has 1 aromatic heterocycles. The molecule has 0 aliphatic carbocycles. The number of aromatic nitrogens is 1. The predicted octanol–water partition coefficient (Wildman–Crippen LogP) is 1.33. The largest absolute Gasteiger partial charge is 0.346 e. The van der Waals surface area contributed by atoms with Gasteiger partial charge in [0.05, 0.1) is 6.21 Å². The van der Waals surface area contributed by atoms with Crippen molar-refractivity contribution in [2.45, 2.75) is 0 Å². The van der Waals surface area contributed by atoms with E-state index in [1.807, 2.05) is 24.3 Å². The molecular weight excluding hydrogens is 176 g/mol. The Bertz CT molecular complexity index is 531. The van der Waals surface area contributed by atoms with E-state index in [0.29, 0.717) is 5.69 Å². The Kier molecular flexibility index (Phi) is 1.92. The van der Waals surface area contributed by atoms with Gasteiger partial charge in [0.15, 0.2) is 0 Å². The fourth-order valence-corrected chi connectivity index (χ4v) is 1.46. The van der Waals surface area contributed by atoms with Gasteiger partial charge in [0.25, 0.3) is 0 Å². The van der Waals surface area contributed by atoms with Gasteiger partial charge in [-0.3, -0.25) is 0 Å². The van der Waals surface area contributed by atoms with Crippen molar-refractivity contribution in [3.63, 3.8) is 0 Å². The summed E-state index contributed by atoms with van der Waals surface area (Å²) in [5.41, 5.74) is 2.14. The maximum Gasteiger partial charge on any atom is 0.127 e. The van der Waals surface area contributed by atoms with Crippen LogP contribution in [0.25, 0.3) is 10.9 Å². The fourth-order valence-electron chi connectivity index (χ4n) is 1.46. The normalized spacial score (nSPS) is 10.8. The van der Waals surface area contributed by atoms with Crippen LogP contribution in [0.1, 0.15) is 11.3 Å². The van der Waals surface area contributed by atoms with Gasteiger partial charge in [0, 0.05) is 16.5 Å². The number of para-hydroxylation sites is 1. The number of hydrogen-bond acceptors (Lipinski definition) is 3. The molecule has 0 atom stereocenters. The van der Waals surface area contributed by atoms with Gasteiger partial charge in [0.2, 0.25) is 0 Å². The van der Waals surface area contributed by atoms with Crippen LogP contribution in [0, 0.1) is 11.3 Å². The minimum atomic E-state index is 0.486. The van der Waals surface area contributed by atoms with Crippen molar-refractivity contribution in [1.82, 2.24) is 4.98 Å². The van der Waals surface area contributed by atoms with Crippen molar-refractivity contribution >= 4 is 17.1 Å². The lowest BCUT2D eigenvalue weighted by Crippen LogP contribution is -1.88. The second-order valence-corrected chi connectivity index (χ2v) is 2.85. The molecule has 0 saturated carbocycles. The summed E-state index contributed by atoms with van der Waals surface area (Å²) in [6, 6.07) is 9.71. The number of rotatable bonds is 1. The predicted molar refractivity (Wildman–Crippen MR) is 54.8 cm³/mol. The molecule has 0 unspecified atom stereocenters. The summed E-state index contributed by atoms with van der Waals surface area (Å²) >= 11 is 0. The number of fused-ring (bicyclic) bond motifs is 1. The number of hydrogen-bond donors (Lipinski definition) is 2. The molecule has 1 heterocycles. The molecule has 4 nitrogen and oxygen atoms in total. The zero-order valence-electron chi connectivity index (χ0n) is 7.36. The second kappa shape index (κ2) is 3.23. The van der Waals surface area contributed by atoms with Crippen molar-refractivity contribution in [3.8, 4) is 6.07 Å². The first kappa shape index (κ1) is 8.32. The molecule has 0 fully saturated rings. The minimum absolute atomic E-state index is 0.486. The van der Waals surface area contributed by atoms with E-state index in [2.05, 4.69) is 16.2 Å². The Balaban J connectivity index is 2.82. The van der Waals surface area contributed by atoms with Crippen LogP contribution < -0.4 is 5.84 Å². The molecule has 2 rings (SSSR count). The summed E-state index contributed by atoms with van der Waals surface area (Å²) in [6.45, 7) is 0. The first-order valence-electron chi connectivity index (χ1n) is 4.11. The third-order valence-corrected chi connectivity index (χ3v) is 2.06. The monoisotopic (exact) mass is 184 g/mol. The van der Waals surface area contributed by atoms with Gasteiger partial charge < -0.3 is 10.8 Å². The SMILES string of the molecule is N#Cc1[nH]c2ccccc2c1C=NN. The molecule has 0 amide bonds. The van der Waals surface area contributed by atoms with E-state index in [1.165, 1.54) is 6.21 Å². The number of nitriles is 1. The van der Waals surface area contributed by atoms with Gasteiger partial charge in [-0.15, -0.1) is 0 Å². The van der Waals surface area contributed by atoms with Crippen molar-refractivity contribution in [1.29, 1.82) is 5.26 Å². The Labute approximate surface area is 80.7 Å². The lowest BCUT2D eigenvalue weighted by atomic mass is 10.1. The zero-order chi connectivity index (χ0) is 9.97. The van der Waals surface area contributed by atoms with Gasteiger partial charge in [-0.1, -0.05) is 18.2 Å². The van der Waals surface area contributed by atoms with Crippen LogP contribution in [-0.4, -0.2) is 11.2 Å². The van der Waals surface area contributed by atoms with Crippen LogP contribution in [0.3, 0.4) is 0 Å². The Morgan fingerprint density at radius 2 is 2.21 bits per heavy atom. The lowest BCUT2D eigenvalue weighted by Gasteiger charge is -1.88. The average Bonchev–Trinajstić information content (AvgIpc) is 2.58. The summed E-state index contributed by atoms with van der Waals surface area (Å²) < 4.78 is 0. The molecule has 4 heteroatoms. The summed E-state index contributed by atoms with van der Waals surface area (Å²) in [4.78, 5) is 2.99. The number of H-pyrrole nitrogens is 1. The molecule has 0 saturated heterocycles. The van der Waals surface area contributed by atoms with E-state index in [4.69, 9.17) is 11.1 Å². The van der Waals surface area contributed by atoms with Gasteiger partial charge in [0.1, 0.15) is 11.8 Å². The van der Waals surface area contributed by atoms with Crippen LogP contribution in [0.15, 0.2) is 29.4 Å². The van der Waals surface area contributed by atoms with Crippen molar-refractivity contribution in [2.24, 2.45) is 10.9 Å². The number of aromatic amines is 1. The van der Waals surface area contributed by atoms with Gasteiger partial charge >= 0.3 is 0 Å². The fraction of sp³-hybridized carbons (Fsp3) is 0. The standard InChI is InChI=1S/C10H8N4/c11-5-10-8(6-13-12)7-3-1-2-4-9(7)14-10/h1-4,6,14H,12H2. The number of hydrazone groups is 1. The van der Waals surface area contributed by atoms with Crippen molar-refractivity contribution < 1.29 is 0 Å². The van der Waals surface area contributed by atoms with Crippen molar-refractivity contribution in [2.75, 3.05) is 0 Å². The molecule has 68 valence electrons. The molecule has 0 radical (unpaired) electrons.